The molecule has 1 atom stereocenters. The van der Waals surface area contributed by atoms with Crippen LogP contribution in [0.3, 0.4) is 0 Å². The predicted molar refractivity (Wildman–Crippen MR) is 147 cm³/mol. The predicted octanol–water partition coefficient (Wildman–Crippen LogP) is 5.47. The van der Waals surface area contributed by atoms with Crippen LogP contribution in [0.2, 0.25) is 0 Å². The average Bonchev–Trinajstić information content (AvgIpc) is 3.14. The quantitative estimate of drug-likeness (QED) is 0.566. The third-order valence-electron chi connectivity index (χ3n) is 7.86. The summed E-state index contributed by atoms with van der Waals surface area (Å²) in [4.78, 5) is 28.0. The molecule has 2 aliphatic heterocycles. The van der Waals surface area contributed by atoms with E-state index in [0.29, 0.717) is 12.5 Å². The minimum atomic E-state index is -0.0635. The van der Waals surface area contributed by atoms with Gasteiger partial charge in [-0.25, -0.2) is 0 Å². The molecule has 0 radical (unpaired) electrons. The molecule has 4 rings (SSSR count). The van der Waals surface area contributed by atoms with Gasteiger partial charge in [0, 0.05) is 59.6 Å². The summed E-state index contributed by atoms with van der Waals surface area (Å²) in [5, 5.41) is 7.40. The number of piperidine rings is 1. The summed E-state index contributed by atoms with van der Waals surface area (Å²) in [6.45, 7) is 18.5. The maximum atomic E-state index is 13.5. The fourth-order valence-corrected chi connectivity index (χ4v) is 5.88. The number of hydrogen-bond acceptors (Lipinski definition) is 3. The van der Waals surface area contributed by atoms with Crippen LogP contribution < -0.4 is 10.6 Å². The first-order valence-corrected chi connectivity index (χ1v) is 13.1. The molecule has 3 heterocycles. The van der Waals surface area contributed by atoms with Crippen molar-refractivity contribution in [2.24, 2.45) is 11.8 Å². The van der Waals surface area contributed by atoms with Gasteiger partial charge in [-0.2, -0.15) is 0 Å². The number of benzene rings is 1. The average molecular weight is 489 g/mol. The maximum Gasteiger partial charge on any atom is 0.254 e. The molecular formula is C30H40N4O2. The van der Waals surface area contributed by atoms with E-state index in [0.717, 1.165) is 70.6 Å². The number of dihydropyridines is 1. The van der Waals surface area contributed by atoms with Crippen molar-refractivity contribution in [2.75, 3.05) is 19.6 Å². The molecule has 2 amide bonds. The topological polar surface area (TPSA) is 66.4 Å². The molecule has 2 aliphatic rings. The highest BCUT2D eigenvalue weighted by atomic mass is 16.2. The minimum absolute atomic E-state index is 0.0387. The molecule has 1 unspecified atom stereocenters. The molecule has 2 N–H and O–H groups in total. The van der Waals surface area contributed by atoms with Gasteiger partial charge in [-0.3, -0.25) is 9.59 Å². The van der Waals surface area contributed by atoms with Crippen molar-refractivity contribution in [1.82, 2.24) is 20.1 Å². The highest BCUT2D eigenvalue weighted by Gasteiger charge is 2.31. The van der Waals surface area contributed by atoms with Crippen molar-refractivity contribution in [3.05, 3.63) is 70.7 Å². The van der Waals surface area contributed by atoms with Gasteiger partial charge in [0.25, 0.3) is 5.91 Å². The van der Waals surface area contributed by atoms with Gasteiger partial charge in [0.15, 0.2) is 0 Å². The van der Waals surface area contributed by atoms with Crippen LogP contribution in [-0.4, -0.2) is 40.9 Å². The Morgan fingerprint density at radius 1 is 1.11 bits per heavy atom. The Kier molecular flexibility index (Phi) is 7.43. The molecule has 192 valence electrons. The first-order valence-electron chi connectivity index (χ1n) is 13.1. The number of aromatic nitrogens is 1. The van der Waals surface area contributed by atoms with E-state index in [-0.39, 0.29) is 23.8 Å². The lowest BCUT2D eigenvalue weighted by atomic mass is 9.89. The summed E-state index contributed by atoms with van der Waals surface area (Å²) in [6, 6.07) is 8.42. The van der Waals surface area contributed by atoms with Crippen LogP contribution in [0.5, 0.6) is 0 Å². The number of likely N-dealkylation sites (tertiary alicyclic amines) is 1. The number of fused-ring (bicyclic) bond motifs is 1. The van der Waals surface area contributed by atoms with Crippen molar-refractivity contribution < 1.29 is 9.59 Å². The number of rotatable bonds is 6. The highest BCUT2D eigenvalue weighted by molar-refractivity contribution is 6.08. The van der Waals surface area contributed by atoms with Crippen LogP contribution in [0.1, 0.15) is 69.6 Å². The van der Waals surface area contributed by atoms with Crippen molar-refractivity contribution in [3.63, 3.8) is 0 Å². The maximum absolute atomic E-state index is 13.5. The van der Waals surface area contributed by atoms with Crippen molar-refractivity contribution >= 4 is 22.7 Å². The number of hydrogen-bond donors (Lipinski definition) is 2. The van der Waals surface area contributed by atoms with E-state index in [4.69, 9.17) is 0 Å². The van der Waals surface area contributed by atoms with Gasteiger partial charge >= 0.3 is 0 Å². The normalized spacial score (nSPS) is 17.9. The van der Waals surface area contributed by atoms with Crippen LogP contribution in [0.15, 0.2) is 59.5 Å². The number of nitrogens with zero attached hydrogens (tertiary/aromatic N) is 2. The zero-order valence-electron chi connectivity index (χ0n) is 22.6. The molecule has 0 aliphatic carbocycles. The number of allylic oxidation sites excluding steroid dienone is 3. The third-order valence-corrected chi connectivity index (χ3v) is 7.86. The Morgan fingerprint density at radius 3 is 2.42 bits per heavy atom. The first kappa shape index (κ1) is 25.8. The second kappa shape index (κ2) is 10.4. The van der Waals surface area contributed by atoms with Gasteiger partial charge in [-0.05, 0) is 69.7 Å². The Hall–Kier alpha value is -3.28. The van der Waals surface area contributed by atoms with E-state index < -0.39 is 0 Å². The van der Waals surface area contributed by atoms with Crippen LogP contribution in [-0.2, 0) is 4.79 Å². The summed E-state index contributed by atoms with van der Waals surface area (Å²) in [5.41, 5.74) is 6.85. The van der Waals surface area contributed by atoms with Gasteiger partial charge in [-0.1, -0.05) is 38.6 Å². The zero-order chi connectivity index (χ0) is 26.1. The van der Waals surface area contributed by atoms with Gasteiger partial charge in [0.2, 0.25) is 5.91 Å². The van der Waals surface area contributed by atoms with Crippen molar-refractivity contribution in [1.29, 1.82) is 0 Å². The fraction of sp³-hybridized carbons (Fsp3) is 0.467. The third kappa shape index (κ3) is 4.86. The second-order valence-electron chi connectivity index (χ2n) is 10.7. The Bertz CT molecular complexity index is 1260. The smallest absolute Gasteiger partial charge is 0.254 e. The molecule has 6 heteroatoms. The fourth-order valence-electron chi connectivity index (χ4n) is 5.88. The van der Waals surface area contributed by atoms with E-state index in [1.165, 1.54) is 0 Å². The Balaban J connectivity index is 1.57. The molecule has 1 fully saturated rings. The largest absolute Gasteiger partial charge is 0.359 e. The van der Waals surface area contributed by atoms with E-state index in [1.807, 2.05) is 43.9 Å². The zero-order valence-corrected chi connectivity index (χ0v) is 22.6. The number of carbonyl (C=O) groups is 2. The molecule has 0 spiro atoms. The van der Waals surface area contributed by atoms with Gasteiger partial charge < -0.3 is 20.1 Å². The second-order valence-corrected chi connectivity index (χ2v) is 10.7. The molecular weight excluding hydrogens is 448 g/mol. The van der Waals surface area contributed by atoms with Crippen LogP contribution in [0.25, 0.3) is 10.9 Å². The molecule has 1 saturated heterocycles. The van der Waals surface area contributed by atoms with Crippen molar-refractivity contribution in [2.45, 2.75) is 60.4 Å². The molecule has 2 aromatic rings. The number of nitrogens with one attached hydrogen (secondary N) is 2. The molecule has 0 bridgehead atoms. The number of para-hydroxylation sites is 1. The van der Waals surface area contributed by atoms with Crippen LogP contribution in [0, 0.1) is 18.8 Å². The molecule has 6 nitrogen and oxygen atoms in total. The monoisotopic (exact) mass is 488 g/mol. The SMILES string of the molecule is C=C1NC(C)=CC(C)=C1CNC(=O)c1c(C)n(C(C)C2CCN(C(=O)C(C)C)CC2)c2ccccc12. The highest BCUT2D eigenvalue weighted by Crippen LogP contribution is 2.36. The lowest BCUT2D eigenvalue weighted by Crippen LogP contribution is -2.42. The van der Waals surface area contributed by atoms with Gasteiger partial charge in [0.05, 0.1) is 5.56 Å². The van der Waals surface area contributed by atoms with Gasteiger partial charge in [-0.15, -0.1) is 0 Å². The number of amides is 2. The summed E-state index contributed by atoms with van der Waals surface area (Å²) in [6.07, 6.45) is 4.03. The summed E-state index contributed by atoms with van der Waals surface area (Å²) in [7, 11) is 0. The molecule has 1 aromatic heterocycles. The minimum Gasteiger partial charge on any atom is -0.359 e. The summed E-state index contributed by atoms with van der Waals surface area (Å²) >= 11 is 0. The Labute approximate surface area is 215 Å². The summed E-state index contributed by atoms with van der Waals surface area (Å²) in [5.74, 6) is 0.670. The lowest BCUT2D eigenvalue weighted by molar-refractivity contribution is -0.136. The van der Waals surface area contributed by atoms with Crippen LogP contribution in [0.4, 0.5) is 0 Å². The van der Waals surface area contributed by atoms with E-state index in [1.54, 1.807) is 0 Å². The lowest BCUT2D eigenvalue weighted by Gasteiger charge is -2.36. The Morgan fingerprint density at radius 2 is 1.78 bits per heavy atom. The molecule has 1 aromatic carbocycles. The molecule has 0 saturated carbocycles. The van der Waals surface area contributed by atoms with E-state index in [9.17, 15) is 9.59 Å². The van der Waals surface area contributed by atoms with E-state index in [2.05, 4.69) is 54.7 Å². The van der Waals surface area contributed by atoms with E-state index >= 15 is 0 Å². The molecule has 36 heavy (non-hydrogen) atoms. The van der Waals surface area contributed by atoms with Crippen molar-refractivity contribution in [3.8, 4) is 0 Å². The van der Waals surface area contributed by atoms with Gasteiger partial charge in [0.1, 0.15) is 0 Å². The van der Waals surface area contributed by atoms with Crippen LogP contribution >= 0.6 is 0 Å². The first-order chi connectivity index (χ1) is 17.1. The summed E-state index contributed by atoms with van der Waals surface area (Å²) < 4.78 is 2.34. The number of carbonyl (C=O) groups excluding carboxylic acids is 2. The standard InChI is InChI=1S/C30H40N4O2/c1-18(2)30(36)33-14-12-24(13-15-33)22(6)34-23(7)28(25-10-8-9-11-27(25)34)29(35)31-17-26-19(3)16-20(4)32-21(26)5/h8-11,16,18,22,24,32H,5,12-15,17H2,1-4,6-7H3,(H,31,35).